The predicted molar refractivity (Wildman–Crippen MR) is 107 cm³/mol. The normalized spacial score (nSPS) is 12.4. The third-order valence-corrected chi connectivity index (χ3v) is 4.80. The van der Waals surface area contributed by atoms with Gasteiger partial charge in [-0.15, -0.1) is 0 Å². The van der Waals surface area contributed by atoms with Gasteiger partial charge in [-0.25, -0.2) is 14.2 Å². The van der Waals surface area contributed by atoms with Crippen molar-refractivity contribution >= 4 is 17.4 Å². The summed E-state index contributed by atoms with van der Waals surface area (Å²) >= 11 is 0. The van der Waals surface area contributed by atoms with Gasteiger partial charge in [0.05, 0.1) is 0 Å². The third-order valence-electron chi connectivity index (χ3n) is 4.80. The number of hydrogen-bond acceptors (Lipinski definition) is 3. The monoisotopic (exact) mass is 377 g/mol. The molecule has 1 aliphatic carbocycles. The molecule has 2 amide bonds. The highest BCUT2D eigenvalue weighted by atomic mass is 19.1. The second kappa shape index (κ2) is 7.68. The summed E-state index contributed by atoms with van der Waals surface area (Å²) in [5, 5.41) is 5.40. The molecule has 0 unspecified atom stereocenters. The molecule has 5 nitrogen and oxygen atoms in total. The molecule has 4 rings (SSSR count). The summed E-state index contributed by atoms with van der Waals surface area (Å²) in [5.74, 6) is 0.744. The summed E-state index contributed by atoms with van der Waals surface area (Å²) in [6, 6.07) is 12.5. The Morgan fingerprint density at radius 3 is 2.64 bits per heavy atom. The van der Waals surface area contributed by atoms with Gasteiger partial charge >= 0.3 is 6.03 Å². The summed E-state index contributed by atoms with van der Waals surface area (Å²) < 4.78 is 19.1. The average Bonchev–Trinajstić information content (AvgIpc) is 3.18. The number of urea groups is 1. The van der Waals surface area contributed by atoms with Crippen LogP contribution in [-0.4, -0.2) is 11.0 Å². The van der Waals surface area contributed by atoms with E-state index < -0.39 is 6.03 Å². The number of nitrogens with one attached hydrogen (secondary N) is 2. The standard InChI is InChI=1S/C22H20FN3O2/c1-14-7-12-20(18-5-2-4-17(14)18)28-21-19(6-3-13-24-21)26-22(27)25-16-10-8-15(23)9-11-16/h3,6-13H,2,4-5H2,1H3,(H2,25,26,27). The zero-order chi connectivity index (χ0) is 19.5. The van der Waals surface area contributed by atoms with Crippen molar-refractivity contribution in [2.45, 2.75) is 26.2 Å². The fourth-order valence-corrected chi connectivity index (χ4v) is 3.44. The van der Waals surface area contributed by atoms with Crippen LogP contribution in [0.15, 0.2) is 54.7 Å². The molecule has 0 aliphatic heterocycles. The zero-order valence-corrected chi connectivity index (χ0v) is 15.5. The topological polar surface area (TPSA) is 63.2 Å². The first-order valence-electron chi connectivity index (χ1n) is 9.18. The molecule has 0 saturated heterocycles. The fraction of sp³-hybridized carbons (Fsp3) is 0.182. The van der Waals surface area contributed by atoms with Gasteiger partial charge < -0.3 is 15.4 Å². The highest BCUT2D eigenvalue weighted by molar-refractivity contribution is 6.00. The Labute approximate surface area is 162 Å². The van der Waals surface area contributed by atoms with Gasteiger partial charge in [0, 0.05) is 11.9 Å². The van der Waals surface area contributed by atoms with E-state index >= 15 is 0 Å². The smallest absolute Gasteiger partial charge is 0.323 e. The number of fused-ring (bicyclic) bond motifs is 1. The lowest BCUT2D eigenvalue weighted by Gasteiger charge is -2.15. The van der Waals surface area contributed by atoms with E-state index in [1.807, 2.05) is 6.07 Å². The van der Waals surface area contributed by atoms with Gasteiger partial charge in [0.1, 0.15) is 17.3 Å². The Kier molecular flexibility index (Phi) is 4.93. The first-order valence-corrected chi connectivity index (χ1v) is 9.18. The second-order valence-electron chi connectivity index (χ2n) is 6.74. The molecule has 1 heterocycles. The van der Waals surface area contributed by atoms with E-state index in [4.69, 9.17) is 4.74 Å². The molecular formula is C22H20FN3O2. The number of amides is 2. The molecule has 0 saturated carbocycles. The third kappa shape index (κ3) is 3.81. The lowest BCUT2D eigenvalue weighted by Crippen LogP contribution is -2.20. The molecule has 1 aromatic heterocycles. The van der Waals surface area contributed by atoms with E-state index in [0.29, 0.717) is 17.3 Å². The van der Waals surface area contributed by atoms with Crippen LogP contribution in [0, 0.1) is 12.7 Å². The van der Waals surface area contributed by atoms with E-state index in [9.17, 15) is 9.18 Å². The van der Waals surface area contributed by atoms with Crippen LogP contribution >= 0.6 is 0 Å². The van der Waals surface area contributed by atoms with Crippen molar-refractivity contribution < 1.29 is 13.9 Å². The molecule has 0 spiro atoms. The predicted octanol–water partition coefficient (Wildman–Crippen LogP) is 5.45. The second-order valence-corrected chi connectivity index (χ2v) is 6.74. The zero-order valence-electron chi connectivity index (χ0n) is 15.5. The quantitative estimate of drug-likeness (QED) is 0.635. The van der Waals surface area contributed by atoms with Crippen LogP contribution in [-0.2, 0) is 12.8 Å². The number of carbonyl (C=O) groups is 1. The number of aryl methyl sites for hydroxylation is 1. The summed E-state index contributed by atoms with van der Waals surface area (Å²) in [4.78, 5) is 16.6. The van der Waals surface area contributed by atoms with Crippen molar-refractivity contribution in [2.75, 3.05) is 10.6 Å². The van der Waals surface area contributed by atoms with Crippen molar-refractivity contribution in [2.24, 2.45) is 0 Å². The molecule has 1 aliphatic rings. The first kappa shape index (κ1) is 18.0. The molecule has 3 aromatic rings. The number of ether oxygens (including phenoxy) is 1. The number of carbonyl (C=O) groups excluding carboxylic acids is 1. The Balaban J connectivity index is 1.52. The Morgan fingerprint density at radius 1 is 1.04 bits per heavy atom. The molecule has 0 radical (unpaired) electrons. The molecule has 142 valence electrons. The van der Waals surface area contributed by atoms with E-state index in [1.165, 1.54) is 41.0 Å². The minimum absolute atomic E-state index is 0.328. The lowest BCUT2D eigenvalue weighted by atomic mass is 10.0. The molecule has 2 aromatic carbocycles. The number of rotatable bonds is 4. The van der Waals surface area contributed by atoms with Crippen LogP contribution in [0.5, 0.6) is 11.6 Å². The van der Waals surface area contributed by atoms with Gasteiger partial charge in [0.2, 0.25) is 5.88 Å². The number of benzene rings is 2. The molecule has 6 heteroatoms. The van der Waals surface area contributed by atoms with Crippen molar-refractivity contribution in [3.8, 4) is 11.6 Å². The maximum absolute atomic E-state index is 13.0. The number of nitrogens with zero attached hydrogens (tertiary/aromatic N) is 1. The average molecular weight is 377 g/mol. The molecule has 28 heavy (non-hydrogen) atoms. The van der Waals surface area contributed by atoms with E-state index in [0.717, 1.165) is 25.0 Å². The summed E-state index contributed by atoms with van der Waals surface area (Å²) in [5.41, 5.74) is 4.78. The summed E-state index contributed by atoms with van der Waals surface area (Å²) in [6.07, 6.45) is 4.77. The van der Waals surface area contributed by atoms with E-state index in [-0.39, 0.29) is 5.82 Å². The van der Waals surface area contributed by atoms with Crippen molar-refractivity contribution in [1.82, 2.24) is 4.98 Å². The van der Waals surface area contributed by atoms with Gasteiger partial charge in [-0.2, -0.15) is 0 Å². The van der Waals surface area contributed by atoms with Crippen LogP contribution < -0.4 is 15.4 Å². The summed E-state index contributed by atoms with van der Waals surface area (Å²) in [6.45, 7) is 2.11. The Bertz CT molecular complexity index is 1020. The maximum atomic E-state index is 13.0. The molecule has 2 N–H and O–H groups in total. The molecule has 0 bridgehead atoms. The van der Waals surface area contributed by atoms with Gasteiger partial charge in [0.15, 0.2) is 0 Å². The lowest BCUT2D eigenvalue weighted by molar-refractivity contribution is 0.262. The number of halogens is 1. The van der Waals surface area contributed by atoms with Crippen molar-refractivity contribution in [3.05, 3.63) is 77.2 Å². The van der Waals surface area contributed by atoms with Gasteiger partial charge in [-0.05, 0) is 85.3 Å². The number of anilines is 2. The number of pyridine rings is 1. The highest BCUT2D eigenvalue weighted by Crippen LogP contribution is 2.36. The highest BCUT2D eigenvalue weighted by Gasteiger charge is 2.19. The Morgan fingerprint density at radius 2 is 1.82 bits per heavy atom. The first-order chi connectivity index (χ1) is 13.6. The molecule has 0 fully saturated rings. The fourth-order valence-electron chi connectivity index (χ4n) is 3.44. The SMILES string of the molecule is Cc1ccc(Oc2ncccc2NC(=O)Nc2ccc(F)cc2)c2c1CCC2. The van der Waals surface area contributed by atoms with Gasteiger partial charge in [0.25, 0.3) is 0 Å². The maximum Gasteiger partial charge on any atom is 0.323 e. The van der Waals surface area contributed by atoms with E-state index in [2.05, 4.69) is 28.6 Å². The van der Waals surface area contributed by atoms with Crippen molar-refractivity contribution in [3.63, 3.8) is 0 Å². The van der Waals surface area contributed by atoms with E-state index in [1.54, 1.807) is 18.3 Å². The van der Waals surface area contributed by atoms with Crippen LogP contribution in [0.2, 0.25) is 0 Å². The van der Waals surface area contributed by atoms with Crippen LogP contribution in [0.4, 0.5) is 20.6 Å². The number of hydrogen-bond donors (Lipinski definition) is 2. The van der Waals surface area contributed by atoms with Crippen molar-refractivity contribution in [1.29, 1.82) is 0 Å². The number of aromatic nitrogens is 1. The van der Waals surface area contributed by atoms with Crippen LogP contribution in [0.25, 0.3) is 0 Å². The van der Waals surface area contributed by atoms with Crippen LogP contribution in [0.1, 0.15) is 23.1 Å². The Hall–Kier alpha value is -3.41. The minimum atomic E-state index is -0.460. The largest absolute Gasteiger partial charge is 0.437 e. The van der Waals surface area contributed by atoms with Gasteiger partial charge in [-0.1, -0.05) is 6.07 Å². The molecule has 0 atom stereocenters. The van der Waals surface area contributed by atoms with Crippen LogP contribution in [0.3, 0.4) is 0 Å². The summed E-state index contributed by atoms with van der Waals surface area (Å²) in [7, 11) is 0. The minimum Gasteiger partial charge on any atom is -0.437 e. The molecular weight excluding hydrogens is 357 g/mol. The van der Waals surface area contributed by atoms with Gasteiger partial charge in [-0.3, -0.25) is 0 Å².